The molecule has 176 valence electrons. The molecular weight excluding hydrogens is 481 g/mol. The fourth-order valence-electron chi connectivity index (χ4n) is 2.84. The largest absolute Gasteiger partial charge is 0.416 e. The minimum atomic E-state index is -4.44. The van der Waals surface area contributed by atoms with Crippen molar-refractivity contribution in [3.8, 4) is 11.4 Å². The van der Waals surface area contributed by atoms with Crippen LogP contribution >= 0.6 is 23.4 Å². The first kappa shape index (κ1) is 25.0. The zero-order chi connectivity index (χ0) is 24.0. The standard InChI is InChI=1S/C21H20ClF3N4O3S/c1-31-18(32-2)11-29-19(13-3-7-15(22)8-4-13)27-28-20(29)33-12-17(30)26-16-9-5-14(6-10-16)21(23,24)25/h3-10,18H,11-12H2,1-2H3,(H,26,30). The van der Waals surface area contributed by atoms with Gasteiger partial charge in [-0.05, 0) is 48.5 Å². The molecule has 0 spiro atoms. The van der Waals surface area contributed by atoms with Gasteiger partial charge in [-0.3, -0.25) is 9.36 Å². The number of rotatable bonds is 9. The molecule has 1 amide bonds. The Bertz CT molecular complexity index is 1070. The van der Waals surface area contributed by atoms with Crippen molar-refractivity contribution in [1.82, 2.24) is 14.8 Å². The van der Waals surface area contributed by atoms with Crippen molar-refractivity contribution >= 4 is 35.0 Å². The molecular formula is C21H20ClF3N4O3S. The van der Waals surface area contributed by atoms with Crippen molar-refractivity contribution in [3.63, 3.8) is 0 Å². The van der Waals surface area contributed by atoms with E-state index in [0.717, 1.165) is 29.5 Å². The van der Waals surface area contributed by atoms with Crippen molar-refractivity contribution < 1.29 is 27.4 Å². The third-order valence-corrected chi connectivity index (χ3v) is 5.72. The first-order valence-electron chi connectivity index (χ1n) is 9.56. The lowest BCUT2D eigenvalue weighted by atomic mass is 10.2. The fraction of sp³-hybridized carbons (Fsp3) is 0.286. The van der Waals surface area contributed by atoms with Crippen molar-refractivity contribution in [3.05, 3.63) is 59.1 Å². The second-order valence-electron chi connectivity index (χ2n) is 6.74. The number of nitrogens with one attached hydrogen (secondary N) is 1. The highest BCUT2D eigenvalue weighted by Gasteiger charge is 2.30. The molecule has 12 heteroatoms. The number of hydrogen-bond acceptors (Lipinski definition) is 6. The highest BCUT2D eigenvalue weighted by Crippen LogP contribution is 2.30. The first-order valence-corrected chi connectivity index (χ1v) is 10.9. The number of amides is 1. The topological polar surface area (TPSA) is 78.3 Å². The summed E-state index contributed by atoms with van der Waals surface area (Å²) in [7, 11) is 3.01. The number of aromatic nitrogens is 3. The predicted octanol–water partition coefficient (Wildman–Crippen LogP) is 4.97. The lowest BCUT2D eigenvalue weighted by Gasteiger charge is -2.17. The number of benzene rings is 2. The van der Waals surface area contributed by atoms with Crippen LogP contribution in [0.1, 0.15) is 5.56 Å². The summed E-state index contributed by atoms with van der Waals surface area (Å²) in [6.07, 6.45) is -5.01. The maximum absolute atomic E-state index is 12.7. The number of halogens is 4. The molecule has 1 heterocycles. The number of carbonyl (C=O) groups excluding carboxylic acids is 1. The number of ether oxygens (including phenoxy) is 2. The van der Waals surface area contributed by atoms with Gasteiger partial charge in [0.1, 0.15) is 0 Å². The molecule has 0 aliphatic carbocycles. The summed E-state index contributed by atoms with van der Waals surface area (Å²) < 4.78 is 50.4. The van der Waals surface area contributed by atoms with Gasteiger partial charge in [0, 0.05) is 30.5 Å². The number of nitrogens with zero attached hydrogens (tertiary/aromatic N) is 3. The summed E-state index contributed by atoms with van der Waals surface area (Å²) in [5, 5.41) is 12.0. The van der Waals surface area contributed by atoms with E-state index >= 15 is 0 Å². The maximum atomic E-state index is 12.7. The molecule has 0 saturated carbocycles. The monoisotopic (exact) mass is 500 g/mol. The molecule has 1 aromatic heterocycles. The lowest BCUT2D eigenvalue weighted by Crippen LogP contribution is -2.22. The first-order chi connectivity index (χ1) is 15.7. The number of alkyl halides is 3. The molecule has 0 saturated heterocycles. The number of methoxy groups -OCH3 is 2. The van der Waals surface area contributed by atoms with Crippen molar-refractivity contribution in [1.29, 1.82) is 0 Å². The van der Waals surface area contributed by atoms with E-state index in [2.05, 4.69) is 15.5 Å². The zero-order valence-corrected chi connectivity index (χ0v) is 19.2. The Morgan fingerprint density at radius 1 is 1.09 bits per heavy atom. The molecule has 33 heavy (non-hydrogen) atoms. The summed E-state index contributed by atoms with van der Waals surface area (Å²) in [4.78, 5) is 12.4. The lowest BCUT2D eigenvalue weighted by molar-refractivity contribution is -0.137. The van der Waals surface area contributed by atoms with Gasteiger partial charge in [-0.2, -0.15) is 13.2 Å². The third kappa shape index (κ3) is 6.70. The van der Waals surface area contributed by atoms with Crippen LogP contribution in [0.5, 0.6) is 0 Å². The van der Waals surface area contributed by atoms with Crippen LogP contribution in [0.4, 0.5) is 18.9 Å². The summed E-state index contributed by atoms with van der Waals surface area (Å²) in [5.41, 5.74) is 0.234. The second kappa shape index (κ2) is 11.0. The zero-order valence-electron chi connectivity index (χ0n) is 17.6. The smallest absolute Gasteiger partial charge is 0.354 e. The molecule has 0 bridgehead atoms. The van der Waals surface area contributed by atoms with Crippen LogP contribution < -0.4 is 5.32 Å². The number of anilines is 1. The molecule has 1 N–H and O–H groups in total. The Balaban J connectivity index is 1.73. The highest BCUT2D eigenvalue weighted by atomic mass is 35.5. The maximum Gasteiger partial charge on any atom is 0.416 e. The van der Waals surface area contributed by atoms with Gasteiger partial charge in [0.05, 0.1) is 17.9 Å². The average Bonchev–Trinajstić information content (AvgIpc) is 3.18. The van der Waals surface area contributed by atoms with Gasteiger partial charge in [0.25, 0.3) is 0 Å². The molecule has 0 radical (unpaired) electrons. The van der Waals surface area contributed by atoms with E-state index in [1.807, 2.05) is 0 Å². The quantitative estimate of drug-likeness (QED) is 0.330. The average molecular weight is 501 g/mol. The van der Waals surface area contributed by atoms with E-state index < -0.39 is 23.9 Å². The molecule has 0 unspecified atom stereocenters. The second-order valence-corrected chi connectivity index (χ2v) is 8.12. The van der Waals surface area contributed by atoms with Gasteiger partial charge in [-0.25, -0.2) is 0 Å². The van der Waals surface area contributed by atoms with Gasteiger partial charge in [-0.15, -0.1) is 10.2 Å². The Kier molecular flexibility index (Phi) is 8.35. The number of carbonyl (C=O) groups is 1. The molecule has 0 fully saturated rings. The van der Waals surface area contributed by atoms with Gasteiger partial charge >= 0.3 is 6.18 Å². The highest BCUT2D eigenvalue weighted by molar-refractivity contribution is 7.99. The van der Waals surface area contributed by atoms with Crippen molar-refractivity contribution in [2.24, 2.45) is 0 Å². The molecule has 0 aliphatic heterocycles. The van der Waals surface area contributed by atoms with Gasteiger partial charge in [0.15, 0.2) is 17.3 Å². The molecule has 3 aromatic rings. The van der Waals surface area contributed by atoms with Gasteiger partial charge in [-0.1, -0.05) is 23.4 Å². The van der Waals surface area contributed by atoms with E-state index in [1.54, 1.807) is 28.8 Å². The third-order valence-electron chi connectivity index (χ3n) is 4.51. The molecule has 2 aromatic carbocycles. The van der Waals surface area contributed by atoms with E-state index in [1.165, 1.54) is 26.4 Å². The summed E-state index contributed by atoms with van der Waals surface area (Å²) in [6, 6.07) is 11.3. The number of hydrogen-bond donors (Lipinski definition) is 1. The van der Waals surface area contributed by atoms with Gasteiger partial charge < -0.3 is 14.8 Å². The van der Waals surface area contributed by atoms with E-state index in [9.17, 15) is 18.0 Å². The SMILES string of the molecule is COC(Cn1c(SCC(=O)Nc2ccc(C(F)(F)F)cc2)nnc1-c1ccc(Cl)cc1)OC. The van der Waals surface area contributed by atoms with Crippen molar-refractivity contribution in [2.45, 2.75) is 24.2 Å². The Labute approximate surface area is 197 Å². The Morgan fingerprint density at radius 2 is 1.73 bits per heavy atom. The van der Waals surface area contributed by atoms with Crippen LogP contribution in [0.3, 0.4) is 0 Å². The Morgan fingerprint density at radius 3 is 2.30 bits per heavy atom. The van der Waals surface area contributed by atoms with E-state index in [-0.39, 0.29) is 18.0 Å². The predicted molar refractivity (Wildman–Crippen MR) is 119 cm³/mol. The normalized spacial score (nSPS) is 11.7. The number of thioether (sulfide) groups is 1. The van der Waals surface area contributed by atoms with E-state index in [4.69, 9.17) is 21.1 Å². The van der Waals surface area contributed by atoms with Crippen LogP contribution in [-0.2, 0) is 27.0 Å². The molecule has 7 nitrogen and oxygen atoms in total. The van der Waals surface area contributed by atoms with Crippen LogP contribution in [-0.4, -0.2) is 46.9 Å². The summed E-state index contributed by atoms with van der Waals surface area (Å²) in [5.74, 6) is 0.0958. The van der Waals surface area contributed by atoms with Gasteiger partial charge in [0.2, 0.25) is 5.91 Å². The van der Waals surface area contributed by atoms with Crippen molar-refractivity contribution in [2.75, 3.05) is 25.3 Å². The van der Waals surface area contributed by atoms with Crippen LogP contribution in [0, 0.1) is 0 Å². The molecule has 0 atom stereocenters. The summed E-state index contributed by atoms with van der Waals surface area (Å²) in [6.45, 7) is 0.265. The minimum Gasteiger partial charge on any atom is -0.354 e. The minimum absolute atomic E-state index is 0.0373. The molecule has 0 aliphatic rings. The van der Waals surface area contributed by atoms with Crippen LogP contribution in [0.25, 0.3) is 11.4 Å². The Hall–Kier alpha value is -2.60. The van der Waals surface area contributed by atoms with Crippen LogP contribution in [0.2, 0.25) is 5.02 Å². The van der Waals surface area contributed by atoms with Crippen LogP contribution in [0.15, 0.2) is 53.7 Å². The fourth-order valence-corrected chi connectivity index (χ4v) is 3.71. The summed E-state index contributed by atoms with van der Waals surface area (Å²) >= 11 is 7.09. The molecule has 3 rings (SSSR count). The van der Waals surface area contributed by atoms with E-state index in [0.29, 0.717) is 16.0 Å².